The number of fused-ring (bicyclic) bond motifs is 1. The van der Waals surface area contributed by atoms with Crippen molar-refractivity contribution in [3.8, 4) is 0 Å². The van der Waals surface area contributed by atoms with Gasteiger partial charge in [-0.25, -0.2) is 4.39 Å². The van der Waals surface area contributed by atoms with E-state index in [2.05, 4.69) is 4.90 Å². The molecule has 2 N–H and O–H groups in total. The van der Waals surface area contributed by atoms with Crippen molar-refractivity contribution in [2.45, 2.75) is 25.8 Å². The molecule has 0 aromatic heterocycles. The number of halogens is 1. The minimum absolute atomic E-state index is 0.118. The Balaban J connectivity index is 1.90. The topological polar surface area (TPSA) is 29.3 Å². The first-order valence-electron chi connectivity index (χ1n) is 6.52. The maximum atomic E-state index is 14.0. The largest absolute Gasteiger partial charge is 0.368 e. The molecule has 1 aliphatic heterocycles. The number of para-hydroxylation sites is 1. The van der Waals surface area contributed by atoms with Crippen LogP contribution < -0.4 is 10.6 Å². The zero-order chi connectivity index (χ0) is 11.8. The highest BCUT2D eigenvalue weighted by atomic mass is 19.1. The van der Waals surface area contributed by atoms with Crippen LogP contribution in [-0.2, 0) is 6.54 Å². The van der Waals surface area contributed by atoms with Crippen LogP contribution in [0.25, 0.3) is 0 Å². The second kappa shape index (κ2) is 4.30. The Morgan fingerprint density at radius 2 is 1.94 bits per heavy atom. The van der Waals surface area contributed by atoms with Gasteiger partial charge in [0.15, 0.2) is 0 Å². The van der Waals surface area contributed by atoms with E-state index < -0.39 is 0 Å². The summed E-state index contributed by atoms with van der Waals surface area (Å²) in [7, 11) is 0. The molecule has 0 bridgehead atoms. The van der Waals surface area contributed by atoms with Crippen molar-refractivity contribution in [1.82, 2.24) is 0 Å². The molecule has 1 saturated heterocycles. The van der Waals surface area contributed by atoms with Crippen molar-refractivity contribution in [1.29, 1.82) is 0 Å². The Kier molecular flexibility index (Phi) is 2.79. The lowest BCUT2D eigenvalue weighted by Crippen LogP contribution is -2.24. The van der Waals surface area contributed by atoms with E-state index in [9.17, 15) is 4.39 Å². The molecule has 1 aromatic rings. The van der Waals surface area contributed by atoms with Crippen molar-refractivity contribution in [2.75, 3.05) is 18.0 Å². The van der Waals surface area contributed by atoms with Gasteiger partial charge in [-0.3, -0.25) is 0 Å². The molecule has 0 spiro atoms. The highest BCUT2D eigenvalue weighted by Gasteiger charge is 2.37. The molecule has 3 heteroatoms. The summed E-state index contributed by atoms with van der Waals surface area (Å²) >= 11 is 0. The van der Waals surface area contributed by atoms with Crippen molar-refractivity contribution in [2.24, 2.45) is 17.6 Å². The normalized spacial score (nSPS) is 27.5. The minimum Gasteiger partial charge on any atom is -0.368 e. The molecule has 1 aliphatic carbocycles. The zero-order valence-corrected chi connectivity index (χ0v) is 10.0. The lowest BCUT2D eigenvalue weighted by atomic mass is 10.0. The van der Waals surface area contributed by atoms with E-state index in [1.165, 1.54) is 19.3 Å². The van der Waals surface area contributed by atoms with Gasteiger partial charge in [0, 0.05) is 19.6 Å². The predicted molar refractivity (Wildman–Crippen MR) is 67.3 cm³/mol. The van der Waals surface area contributed by atoms with E-state index in [0.29, 0.717) is 6.54 Å². The van der Waals surface area contributed by atoms with Crippen LogP contribution in [-0.4, -0.2) is 13.1 Å². The molecular formula is C14H19FN2. The van der Waals surface area contributed by atoms with Gasteiger partial charge in [-0.1, -0.05) is 18.6 Å². The molecule has 2 nitrogen and oxygen atoms in total. The number of rotatable bonds is 2. The van der Waals surface area contributed by atoms with Gasteiger partial charge in [0.25, 0.3) is 0 Å². The van der Waals surface area contributed by atoms with Gasteiger partial charge in [-0.05, 0) is 36.3 Å². The van der Waals surface area contributed by atoms with Crippen LogP contribution in [0.3, 0.4) is 0 Å². The quantitative estimate of drug-likeness (QED) is 0.852. The molecule has 0 amide bonds. The number of hydrogen-bond acceptors (Lipinski definition) is 2. The maximum absolute atomic E-state index is 14.0. The molecular weight excluding hydrogens is 215 g/mol. The van der Waals surface area contributed by atoms with Gasteiger partial charge in [0.1, 0.15) is 5.82 Å². The first kappa shape index (κ1) is 11.0. The second-order valence-corrected chi connectivity index (χ2v) is 5.31. The van der Waals surface area contributed by atoms with Crippen LogP contribution >= 0.6 is 0 Å². The number of benzene rings is 1. The van der Waals surface area contributed by atoms with Gasteiger partial charge in [0.2, 0.25) is 0 Å². The lowest BCUT2D eigenvalue weighted by Gasteiger charge is -2.23. The molecule has 1 aromatic carbocycles. The Morgan fingerprint density at radius 3 is 2.59 bits per heavy atom. The molecule has 2 fully saturated rings. The molecule has 2 aliphatic rings. The summed E-state index contributed by atoms with van der Waals surface area (Å²) in [6, 6.07) is 5.23. The first-order chi connectivity index (χ1) is 8.29. The Morgan fingerprint density at radius 1 is 1.24 bits per heavy atom. The van der Waals surface area contributed by atoms with Crippen LogP contribution in [0, 0.1) is 17.7 Å². The van der Waals surface area contributed by atoms with Crippen LogP contribution in [0.15, 0.2) is 18.2 Å². The van der Waals surface area contributed by atoms with E-state index in [1.54, 1.807) is 12.1 Å². The molecule has 0 radical (unpaired) electrons. The third kappa shape index (κ3) is 1.82. The third-order valence-electron chi connectivity index (χ3n) is 4.33. The van der Waals surface area contributed by atoms with E-state index in [4.69, 9.17) is 5.73 Å². The summed E-state index contributed by atoms with van der Waals surface area (Å²) in [5.41, 5.74) is 7.40. The smallest absolute Gasteiger partial charge is 0.146 e. The number of hydrogen-bond donors (Lipinski definition) is 1. The Bertz CT molecular complexity index is 407. The summed E-state index contributed by atoms with van der Waals surface area (Å²) in [5.74, 6) is 1.44. The first-order valence-corrected chi connectivity index (χ1v) is 6.52. The molecule has 17 heavy (non-hydrogen) atoms. The summed E-state index contributed by atoms with van der Waals surface area (Å²) < 4.78 is 14.0. The third-order valence-corrected chi connectivity index (χ3v) is 4.33. The minimum atomic E-state index is -0.118. The van der Waals surface area contributed by atoms with Crippen LogP contribution in [0.5, 0.6) is 0 Å². The van der Waals surface area contributed by atoms with Crippen LogP contribution in [0.1, 0.15) is 24.8 Å². The Labute approximate surface area is 102 Å². The highest BCUT2D eigenvalue weighted by molar-refractivity contribution is 5.56. The van der Waals surface area contributed by atoms with E-state index >= 15 is 0 Å². The number of anilines is 1. The standard InChI is InChI=1S/C14H19FN2/c15-13-6-2-3-10(7-16)14(13)17-8-11-4-1-5-12(11)9-17/h2-3,6,11-12H,1,4-5,7-9,16H2. The fourth-order valence-electron chi connectivity index (χ4n) is 3.50. The van der Waals surface area contributed by atoms with Gasteiger partial charge < -0.3 is 10.6 Å². The monoisotopic (exact) mass is 234 g/mol. The maximum Gasteiger partial charge on any atom is 0.146 e. The molecule has 92 valence electrons. The van der Waals surface area contributed by atoms with Gasteiger partial charge in [-0.15, -0.1) is 0 Å². The lowest BCUT2D eigenvalue weighted by molar-refractivity contribution is 0.494. The molecule has 2 unspecified atom stereocenters. The average Bonchev–Trinajstić information content (AvgIpc) is 2.88. The highest BCUT2D eigenvalue weighted by Crippen LogP contribution is 2.40. The van der Waals surface area contributed by atoms with Gasteiger partial charge in [0.05, 0.1) is 5.69 Å². The van der Waals surface area contributed by atoms with Crippen LogP contribution in [0.4, 0.5) is 10.1 Å². The second-order valence-electron chi connectivity index (χ2n) is 5.31. The fourth-order valence-corrected chi connectivity index (χ4v) is 3.50. The fraction of sp³-hybridized carbons (Fsp3) is 0.571. The Hall–Kier alpha value is -1.09. The summed E-state index contributed by atoms with van der Waals surface area (Å²) in [5, 5.41) is 0. The van der Waals surface area contributed by atoms with Crippen molar-refractivity contribution in [3.05, 3.63) is 29.6 Å². The summed E-state index contributed by atoms with van der Waals surface area (Å²) in [4.78, 5) is 2.21. The number of nitrogens with two attached hydrogens (primary N) is 1. The molecule has 3 rings (SSSR count). The van der Waals surface area contributed by atoms with Gasteiger partial charge in [-0.2, -0.15) is 0 Å². The van der Waals surface area contributed by atoms with E-state index in [1.807, 2.05) is 6.07 Å². The SMILES string of the molecule is NCc1cccc(F)c1N1CC2CCCC2C1. The molecule has 1 saturated carbocycles. The molecule has 1 heterocycles. The summed E-state index contributed by atoms with van der Waals surface area (Å²) in [6.07, 6.45) is 3.98. The van der Waals surface area contributed by atoms with E-state index in [0.717, 1.165) is 36.2 Å². The zero-order valence-electron chi connectivity index (χ0n) is 10.0. The van der Waals surface area contributed by atoms with Crippen LogP contribution in [0.2, 0.25) is 0 Å². The summed E-state index contributed by atoms with van der Waals surface area (Å²) in [6.45, 7) is 2.44. The number of nitrogens with zero attached hydrogens (tertiary/aromatic N) is 1. The predicted octanol–water partition coefficient (Wildman–Crippen LogP) is 2.52. The van der Waals surface area contributed by atoms with Gasteiger partial charge >= 0.3 is 0 Å². The van der Waals surface area contributed by atoms with Crippen molar-refractivity contribution >= 4 is 5.69 Å². The van der Waals surface area contributed by atoms with Crippen molar-refractivity contribution in [3.63, 3.8) is 0 Å². The average molecular weight is 234 g/mol. The van der Waals surface area contributed by atoms with E-state index in [-0.39, 0.29) is 5.82 Å². The van der Waals surface area contributed by atoms with Crippen molar-refractivity contribution < 1.29 is 4.39 Å². The molecule has 2 atom stereocenters.